The van der Waals surface area contributed by atoms with Crippen LogP contribution in [0.5, 0.6) is 0 Å². The molecule has 3 aromatic heterocycles. The van der Waals surface area contributed by atoms with Crippen molar-refractivity contribution < 1.29 is 0 Å². The van der Waals surface area contributed by atoms with E-state index < -0.39 is 0 Å². The Hall–Kier alpha value is -3.08. The van der Waals surface area contributed by atoms with Crippen molar-refractivity contribution in [2.75, 3.05) is 0 Å². The lowest BCUT2D eigenvalue weighted by Gasteiger charge is -2.04. The van der Waals surface area contributed by atoms with Gasteiger partial charge >= 0.3 is 0 Å². The Morgan fingerprint density at radius 3 is 2.58 bits per heavy atom. The third kappa shape index (κ3) is 3.08. The molecular weight excluding hydrogens is 368 g/mol. The fourth-order valence-corrected chi connectivity index (χ4v) is 4.00. The van der Waals surface area contributed by atoms with Gasteiger partial charge in [-0.1, -0.05) is 23.7 Å². The van der Waals surface area contributed by atoms with Gasteiger partial charge in [-0.3, -0.25) is 0 Å². The number of aromatic amines is 1. The van der Waals surface area contributed by atoms with Crippen molar-refractivity contribution in [2.45, 2.75) is 6.42 Å². The van der Waals surface area contributed by atoms with E-state index >= 15 is 0 Å². The maximum Gasteiger partial charge on any atom is 0.209 e. The van der Waals surface area contributed by atoms with Crippen molar-refractivity contribution in [3.05, 3.63) is 76.6 Å². The van der Waals surface area contributed by atoms with Gasteiger partial charge in [-0.05, 0) is 35.7 Å². The average Bonchev–Trinajstić information content (AvgIpc) is 3.32. The maximum atomic E-state index is 7.74. The van der Waals surface area contributed by atoms with E-state index in [1.54, 1.807) is 12.4 Å². The van der Waals surface area contributed by atoms with Crippen LogP contribution >= 0.6 is 22.9 Å². The van der Waals surface area contributed by atoms with Crippen LogP contribution in [0.4, 0.5) is 5.69 Å². The normalized spacial score (nSPS) is 10.6. The summed E-state index contributed by atoms with van der Waals surface area (Å²) in [5, 5.41) is 16.5. The number of nitrogens with one attached hydrogen (secondary N) is 1. The number of hydrogen-bond donors (Lipinski definition) is 1. The molecule has 0 aliphatic carbocycles. The third-order valence-electron chi connectivity index (χ3n) is 3.86. The molecule has 4 rings (SSSR count). The molecule has 1 N–H and O–H groups in total. The number of nitrogens with zero attached hydrogens (tertiary/aromatic N) is 5. The first-order valence-corrected chi connectivity index (χ1v) is 8.86. The highest BCUT2D eigenvalue weighted by Gasteiger charge is 2.22. The molecule has 0 saturated heterocycles. The second kappa shape index (κ2) is 7.04. The molecule has 0 amide bonds. The summed E-state index contributed by atoms with van der Waals surface area (Å²) in [5.41, 5.74) is 3.44. The predicted molar refractivity (Wildman–Crippen MR) is 101 cm³/mol. The van der Waals surface area contributed by atoms with Crippen LogP contribution in [0.1, 0.15) is 11.1 Å². The van der Waals surface area contributed by atoms with Crippen molar-refractivity contribution in [3.63, 3.8) is 0 Å². The molecule has 0 spiro atoms. The molecule has 0 fully saturated rings. The molecule has 1 aromatic carbocycles. The molecular formula is C18H11ClN6S. The highest BCUT2D eigenvalue weighted by Crippen LogP contribution is 2.47. The highest BCUT2D eigenvalue weighted by molar-refractivity contribution is 7.19. The number of hydrogen-bond acceptors (Lipinski definition) is 5. The summed E-state index contributed by atoms with van der Waals surface area (Å²) >= 11 is 7.49. The van der Waals surface area contributed by atoms with Gasteiger partial charge in [0.25, 0.3) is 0 Å². The van der Waals surface area contributed by atoms with Crippen LogP contribution in [0.2, 0.25) is 5.02 Å². The second-order valence-electron chi connectivity index (χ2n) is 5.47. The Labute approximate surface area is 158 Å². The molecule has 26 heavy (non-hydrogen) atoms. The van der Waals surface area contributed by atoms with Crippen LogP contribution in [-0.4, -0.2) is 25.4 Å². The van der Waals surface area contributed by atoms with Gasteiger partial charge in [-0.25, -0.2) is 4.85 Å². The molecule has 0 bridgehead atoms. The smallest absolute Gasteiger partial charge is 0.209 e. The van der Waals surface area contributed by atoms with Gasteiger partial charge in [0.1, 0.15) is 6.33 Å². The Balaban J connectivity index is 1.89. The van der Waals surface area contributed by atoms with Crippen LogP contribution in [0.3, 0.4) is 0 Å². The SMILES string of the molecule is [C-]#[N+]c1c(-c2ccnnc2)sc(-c2nnc[nH]2)c1Cc1ccc(Cl)cc1. The van der Waals surface area contributed by atoms with E-state index in [0.717, 1.165) is 26.4 Å². The zero-order valence-electron chi connectivity index (χ0n) is 13.3. The standard InChI is InChI=1S/C18H11ClN6S/c1-20-15-14(8-11-2-4-13(19)5-3-11)17(18-21-10-24-25-18)26-16(15)12-6-7-22-23-9-12/h2-7,9-10H,8H2,(H,21,24,25). The summed E-state index contributed by atoms with van der Waals surface area (Å²) in [7, 11) is 0. The molecule has 4 aromatic rings. The molecule has 0 atom stereocenters. The van der Waals surface area contributed by atoms with Crippen molar-refractivity contribution in [3.8, 4) is 21.1 Å². The fourth-order valence-electron chi connectivity index (χ4n) is 2.67. The lowest BCUT2D eigenvalue weighted by molar-refractivity contribution is 1.03. The van der Waals surface area contributed by atoms with Crippen molar-refractivity contribution in [1.29, 1.82) is 0 Å². The Bertz CT molecular complexity index is 1070. The molecule has 126 valence electrons. The third-order valence-corrected chi connectivity index (χ3v) is 5.39. The minimum Gasteiger partial charge on any atom is -0.327 e. The maximum absolute atomic E-state index is 7.74. The number of aromatic nitrogens is 5. The van der Waals surface area contributed by atoms with E-state index in [2.05, 4.69) is 30.2 Å². The van der Waals surface area contributed by atoms with Crippen molar-refractivity contribution >= 4 is 28.6 Å². The summed E-state index contributed by atoms with van der Waals surface area (Å²) < 4.78 is 0. The minimum absolute atomic E-state index is 0.597. The first kappa shape index (κ1) is 16.4. The van der Waals surface area contributed by atoms with Gasteiger partial charge in [0, 0.05) is 15.5 Å². The summed E-state index contributed by atoms with van der Waals surface area (Å²) in [6.45, 7) is 7.74. The van der Waals surface area contributed by atoms with Crippen LogP contribution < -0.4 is 0 Å². The summed E-state index contributed by atoms with van der Waals surface area (Å²) in [6.07, 6.45) is 5.42. The lowest BCUT2D eigenvalue weighted by atomic mass is 10.0. The van der Waals surface area contributed by atoms with E-state index in [4.69, 9.17) is 18.2 Å². The molecule has 6 nitrogen and oxygen atoms in total. The zero-order valence-corrected chi connectivity index (χ0v) is 14.9. The topological polar surface area (TPSA) is 71.7 Å². The van der Waals surface area contributed by atoms with Crippen LogP contribution in [0, 0.1) is 6.57 Å². The van der Waals surface area contributed by atoms with Crippen LogP contribution in [-0.2, 0) is 6.42 Å². The first-order valence-electron chi connectivity index (χ1n) is 7.67. The van der Waals surface area contributed by atoms with Crippen molar-refractivity contribution in [2.24, 2.45) is 0 Å². The molecule has 0 aliphatic rings. The predicted octanol–water partition coefficient (Wildman–Crippen LogP) is 4.79. The number of halogens is 1. The van der Waals surface area contributed by atoms with E-state index in [1.165, 1.54) is 17.7 Å². The molecule has 0 aliphatic heterocycles. The van der Waals surface area contributed by atoms with E-state index in [0.29, 0.717) is 23.0 Å². The number of thiophene rings is 1. The fraction of sp³-hybridized carbons (Fsp3) is 0.0556. The van der Waals surface area contributed by atoms with Gasteiger partial charge < -0.3 is 4.98 Å². The largest absolute Gasteiger partial charge is 0.327 e. The lowest BCUT2D eigenvalue weighted by Crippen LogP contribution is -1.90. The van der Waals surface area contributed by atoms with E-state index in [9.17, 15) is 0 Å². The quantitative estimate of drug-likeness (QED) is 0.518. The molecule has 0 unspecified atom stereocenters. The van der Waals surface area contributed by atoms with Gasteiger partial charge in [0.15, 0.2) is 5.82 Å². The number of H-pyrrole nitrogens is 1. The highest BCUT2D eigenvalue weighted by atomic mass is 35.5. The Morgan fingerprint density at radius 1 is 1.08 bits per heavy atom. The average molecular weight is 379 g/mol. The summed E-state index contributed by atoms with van der Waals surface area (Å²) in [6, 6.07) is 9.48. The van der Waals surface area contributed by atoms with Crippen LogP contribution in [0.25, 0.3) is 26.0 Å². The zero-order chi connectivity index (χ0) is 17.9. The number of rotatable bonds is 4. The molecule has 8 heteroatoms. The van der Waals surface area contributed by atoms with Gasteiger partial charge in [-0.15, -0.1) is 21.5 Å². The minimum atomic E-state index is 0.597. The van der Waals surface area contributed by atoms with Gasteiger partial charge in [-0.2, -0.15) is 10.2 Å². The molecule has 0 saturated carbocycles. The Morgan fingerprint density at radius 2 is 1.92 bits per heavy atom. The molecule has 0 radical (unpaired) electrons. The van der Waals surface area contributed by atoms with Gasteiger partial charge in [0.05, 0.1) is 23.8 Å². The van der Waals surface area contributed by atoms with Gasteiger partial charge in [0.2, 0.25) is 5.69 Å². The van der Waals surface area contributed by atoms with E-state index in [-0.39, 0.29) is 0 Å². The second-order valence-corrected chi connectivity index (χ2v) is 6.93. The summed E-state index contributed by atoms with van der Waals surface area (Å²) in [5.74, 6) is 0.650. The van der Waals surface area contributed by atoms with Crippen molar-refractivity contribution in [1.82, 2.24) is 25.4 Å². The molecule has 3 heterocycles. The first-order chi connectivity index (χ1) is 12.8. The number of benzene rings is 1. The van der Waals surface area contributed by atoms with E-state index in [1.807, 2.05) is 30.3 Å². The monoisotopic (exact) mass is 378 g/mol. The summed E-state index contributed by atoms with van der Waals surface area (Å²) in [4.78, 5) is 8.61. The van der Waals surface area contributed by atoms with Crippen LogP contribution in [0.15, 0.2) is 49.1 Å². The Kier molecular flexibility index (Phi) is 4.44.